The smallest absolute Gasteiger partial charge is 0.149 e. The van der Waals surface area contributed by atoms with Crippen molar-refractivity contribution in [1.29, 1.82) is 0 Å². The van der Waals surface area contributed by atoms with Crippen molar-refractivity contribution in [2.75, 3.05) is 11.1 Å². The van der Waals surface area contributed by atoms with Gasteiger partial charge in [0.15, 0.2) is 0 Å². The number of hydrogen-bond acceptors (Lipinski definition) is 4. The minimum Gasteiger partial charge on any atom is -0.396 e. The Hall–Kier alpha value is -1.29. The highest BCUT2D eigenvalue weighted by atomic mass is 16.5. The van der Waals surface area contributed by atoms with Gasteiger partial charge in [0.1, 0.15) is 5.82 Å². The van der Waals surface area contributed by atoms with E-state index in [-0.39, 0.29) is 0 Å². The molecule has 3 N–H and O–H groups in total. The van der Waals surface area contributed by atoms with E-state index in [9.17, 15) is 0 Å². The first kappa shape index (κ1) is 8.97. The summed E-state index contributed by atoms with van der Waals surface area (Å²) in [5.41, 5.74) is 6.54. The van der Waals surface area contributed by atoms with Crippen LogP contribution in [0.3, 0.4) is 0 Å². The number of nitrogens with zero attached hydrogens (tertiary/aromatic N) is 1. The minimum atomic E-state index is 0.358. The Balaban J connectivity index is 1.73. The number of pyridine rings is 1. The summed E-state index contributed by atoms with van der Waals surface area (Å²) in [6.45, 7) is 0. The molecule has 1 aromatic heterocycles. The SMILES string of the molecule is Nc1cccnc1NC1CC2CCC1O2. The normalized spacial score (nSPS) is 33.2. The van der Waals surface area contributed by atoms with E-state index in [1.54, 1.807) is 6.20 Å². The lowest BCUT2D eigenvalue weighted by molar-refractivity contribution is 0.102. The summed E-state index contributed by atoms with van der Waals surface area (Å²) < 4.78 is 5.77. The zero-order valence-corrected chi connectivity index (χ0v) is 8.52. The molecule has 15 heavy (non-hydrogen) atoms. The van der Waals surface area contributed by atoms with Gasteiger partial charge in [0, 0.05) is 6.20 Å². The Kier molecular flexibility index (Phi) is 2.02. The number of nitrogens with one attached hydrogen (secondary N) is 1. The molecule has 0 amide bonds. The molecule has 4 nitrogen and oxygen atoms in total. The number of ether oxygens (including phenoxy) is 1. The molecule has 0 aliphatic carbocycles. The number of rotatable bonds is 2. The maximum absolute atomic E-state index is 5.83. The van der Waals surface area contributed by atoms with E-state index in [0.717, 1.165) is 18.7 Å². The molecule has 3 rings (SSSR count). The lowest BCUT2D eigenvalue weighted by atomic mass is 9.95. The summed E-state index contributed by atoms with van der Waals surface area (Å²) in [6, 6.07) is 4.10. The van der Waals surface area contributed by atoms with Gasteiger partial charge in [-0.05, 0) is 31.4 Å². The number of fused-ring (bicyclic) bond motifs is 2. The maximum atomic E-state index is 5.83. The molecule has 0 spiro atoms. The highest BCUT2D eigenvalue weighted by molar-refractivity contribution is 5.61. The molecule has 3 heterocycles. The fourth-order valence-electron chi connectivity index (χ4n) is 2.50. The predicted octanol–water partition coefficient (Wildman–Crippen LogP) is 1.40. The summed E-state index contributed by atoms with van der Waals surface area (Å²) >= 11 is 0. The molecular formula is C11H15N3O. The molecule has 0 aromatic carbocycles. The Labute approximate surface area is 88.8 Å². The molecule has 2 bridgehead atoms. The predicted molar refractivity (Wildman–Crippen MR) is 58.6 cm³/mol. The van der Waals surface area contributed by atoms with Crippen molar-refractivity contribution in [3.8, 4) is 0 Å². The van der Waals surface area contributed by atoms with Crippen LogP contribution < -0.4 is 11.1 Å². The van der Waals surface area contributed by atoms with E-state index in [1.807, 2.05) is 12.1 Å². The van der Waals surface area contributed by atoms with Crippen LogP contribution in [0, 0.1) is 0 Å². The Morgan fingerprint density at radius 1 is 1.47 bits per heavy atom. The molecule has 80 valence electrons. The van der Waals surface area contributed by atoms with Crippen LogP contribution in [-0.2, 0) is 4.74 Å². The van der Waals surface area contributed by atoms with Gasteiger partial charge in [0.2, 0.25) is 0 Å². The summed E-state index contributed by atoms with van der Waals surface area (Å²) in [6.07, 6.45) is 6.03. The molecule has 1 aromatic rings. The molecule has 4 heteroatoms. The van der Waals surface area contributed by atoms with Gasteiger partial charge in [-0.1, -0.05) is 0 Å². The van der Waals surface area contributed by atoms with Crippen LogP contribution in [0.15, 0.2) is 18.3 Å². The third-order valence-electron chi connectivity index (χ3n) is 3.27. The molecule has 2 aliphatic heterocycles. The standard InChI is InChI=1S/C11H15N3O/c12-8-2-1-5-13-11(8)14-9-6-7-3-4-10(9)15-7/h1-2,5,7,9-10H,3-4,6,12H2,(H,13,14). The van der Waals surface area contributed by atoms with E-state index >= 15 is 0 Å². The molecule has 2 fully saturated rings. The van der Waals surface area contributed by atoms with Crippen LogP contribution in [0.2, 0.25) is 0 Å². The lowest BCUT2D eigenvalue weighted by Crippen LogP contribution is -2.31. The van der Waals surface area contributed by atoms with Crippen molar-refractivity contribution in [1.82, 2.24) is 4.98 Å². The Morgan fingerprint density at radius 3 is 3.07 bits per heavy atom. The Bertz CT molecular complexity index is 369. The number of nitrogens with two attached hydrogens (primary N) is 1. The first-order valence-electron chi connectivity index (χ1n) is 5.45. The Morgan fingerprint density at radius 2 is 2.40 bits per heavy atom. The number of aromatic nitrogens is 1. The van der Waals surface area contributed by atoms with Crippen molar-refractivity contribution in [3.05, 3.63) is 18.3 Å². The van der Waals surface area contributed by atoms with Gasteiger partial charge in [-0.3, -0.25) is 0 Å². The maximum Gasteiger partial charge on any atom is 0.149 e. The van der Waals surface area contributed by atoms with Crippen molar-refractivity contribution in [2.24, 2.45) is 0 Å². The fourth-order valence-corrected chi connectivity index (χ4v) is 2.50. The van der Waals surface area contributed by atoms with E-state index in [1.165, 1.54) is 6.42 Å². The fraction of sp³-hybridized carbons (Fsp3) is 0.545. The van der Waals surface area contributed by atoms with Gasteiger partial charge in [-0.2, -0.15) is 0 Å². The molecule has 3 unspecified atom stereocenters. The number of nitrogen functional groups attached to an aromatic ring is 1. The molecule has 0 radical (unpaired) electrons. The van der Waals surface area contributed by atoms with Crippen LogP contribution in [0.1, 0.15) is 19.3 Å². The molecule has 0 saturated carbocycles. The van der Waals surface area contributed by atoms with E-state index in [4.69, 9.17) is 10.5 Å². The van der Waals surface area contributed by atoms with Crippen molar-refractivity contribution >= 4 is 11.5 Å². The van der Waals surface area contributed by atoms with Gasteiger partial charge in [-0.25, -0.2) is 4.98 Å². The summed E-state index contributed by atoms with van der Waals surface area (Å²) in [5.74, 6) is 0.790. The van der Waals surface area contributed by atoms with Crippen molar-refractivity contribution in [3.63, 3.8) is 0 Å². The first-order chi connectivity index (χ1) is 7.33. The summed E-state index contributed by atoms with van der Waals surface area (Å²) in [5, 5.41) is 3.38. The summed E-state index contributed by atoms with van der Waals surface area (Å²) in [7, 11) is 0. The van der Waals surface area contributed by atoms with E-state index < -0.39 is 0 Å². The van der Waals surface area contributed by atoms with E-state index in [0.29, 0.717) is 23.9 Å². The summed E-state index contributed by atoms with van der Waals surface area (Å²) in [4.78, 5) is 4.23. The average Bonchev–Trinajstić information content (AvgIpc) is 2.83. The van der Waals surface area contributed by atoms with Gasteiger partial charge < -0.3 is 15.8 Å². The highest BCUT2D eigenvalue weighted by Gasteiger charge is 2.40. The molecular weight excluding hydrogens is 190 g/mol. The zero-order chi connectivity index (χ0) is 10.3. The quantitative estimate of drug-likeness (QED) is 0.766. The van der Waals surface area contributed by atoms with Crippen molar-refractivity contribution in [2.45, 2.75) is 37.5 Å². The van der Waals surface area contributed by atoms with Crippen LogP contribution in [0.5, 0.6) is 0 Å². The average molecular weight is 205 g/mol. The van der Waals surface area contributed by atoms with Crippen LogP contribution in [-0.4, -0.2) is 23.2 Å². The third-order valence-corrected chi connectivity index (χ3v) is 3.27. The third kappa shape index (κ3) is 1.55. The second kappa shape index (κ2) is 3.38. The number of anilines is 2. The van der Waals surface area contributed by atoms with Crippen molar-refractivity contribution < 1.29 is 4.74 Å². The minimum absolute atomic E-state index is 0.358. The van der Waals surface area contributed by atoms with Gasteiger partial charge in [0.25, 0.3) is 0 Å². The lowest BCUT2D eigenvalue weighted by Gasteiger charge is -2.21. The highest BCUT2D eigenvalue weighted by Crippen LogP contribution is 2.36. The van der Waals surface area contributed by atoms with Crippen LogP contribution in [0.25, 0.3) is 0 Å². The van der Waals surface area contributed by atoms with Crippen LogP contribution >= 0.6 is 0 Å². The topological polar surface area (TPSA) is 60.2 Å². The second-order valence-corrected chi connectivity index (χ2v) is 4.30. The monoisotopic (exact) mass is 205 g/mol. The van der Waals surface area contributed by atoms with Gasteiger partial charge in [0.05, 0.1) is 23.9 Å². The van der Waals surface area contributed by atoms with Gasteiger partial charge >= 0.3 is 0 Å². The number of hydrogen-bond donors (Lipinski definition) is 2. The van der Waals surface area contributed by atoms with E-state index in [2.05, 4.69) is 10.3 Å². The van der Waals surface area contributed by atoms with Gasteiger partial charge in [-0.15, -0.1) is 0 Å². The first-order valence-corrected chi connectivity index (χ1v) is 5.45. The van der Waals surface area contributed by atoms with Crippen LogP contribution in [0.4, 0.5) is 11.5 Å². The largest absolute Gasteiger partial charge is 0.396 e. The molecule has 2 aliphatic rings. The molecule has 3 atom stereocenters. The zero-order valence-electron chi connectivity index (χ0n) is 8.52. The molecule has 2 saturated heterocycles. The second-order valence-electron chi connectivity index (χ2n) is 4.30.